The van der Waals surface area contributed by atoms with Crippen LogP contribution >= 0.6 is 0 Å². The van der Waals surface area contributed by atoms with E-state index in [1.807, 2.05) is 0 Å². The lowest BCUT2D eigenvalue weighted by Gasteiger charge is -2.08. The van der Waals surface area contributed by atoms with Crippen LogP contribution in [-0.4, -0.2) is 26.0 Å². The summed E-state index contributed by atoms with van der Waals surface area (Å²) in [5, 5.41) is 13.1. The fourth-order valence-electron chi connectivity index (χ4n) is 1.88. The number of primary amides is 1. The van der Waals surface area contributed by atoms with Crippen LogP contribution in [0.4, 0.5) is 27.5 Å². The predicted octanol–water partition coefficient (Wildman–Crippen LogP) is 2.88. The summed E-state index contributed by atoms with van der Waals surface area (Å²) in [6.45, 7) is 0. The monoisotopic (exact) mass is 349 g/mol. The lowest BCUT2D eigenvalue weighted by molar-refractivity contribution is 0.259. The van der Waals surface area contributed by atoms with Gasteiger partial charge in [0.25, 0.3) is 10.1 Å². The number of hydrogen-bond donors (Lipinski definition) is 4. The van der Waals surface area contributed by atoms with Gasteiger partial charge < -0.3 is 16.4 Å². The van der Waals surface area contributed by atoms with Crippen molar-refractivity contribution in [2.45, 2.75) is 4.90 Å². The molecule has 0 radical (unpaired) electrons. The number of carbonyl (C=O) groups is 1. The van der Waals surface area contributed by atoms with Crippen LogP contribution in [0.3, 0.4) is 0 Å². The van der Waals surface area contributed by atoms with Crippen molar-refractivity contribution in [3.63, 3.8) is 0 Å². The molecule has 0 fully saturated rings. The molecule has 0 bridgehead atoms. The van der Waals surface area contributed by atoms with Crippen LogP contribution in [-0.2, 0) is 10.1 Å². The van der Waals surface area contributed by atoms with Gasteiger partial charge >= 0.3 is 6.03 Å². The van der Waals surface area contributed by atoms with Crippen LogP contribution in [0.5, 0.6) is 0 Å². The second kappa shape index (κ2) is 7.06. The van der Waals surface area contributed by atoms with Crippen molar-refractivity contribution >= 4 is 38.9 Å². The molecule has 0 unspecified atom stereocenters. The van der Waals surface area contributed by atoms with Crippen molar-refractivity contribution in [2.24, 2.45) is 16.0 Å². The molecule has 2 rings (SSSR count). The standard InChI is InChI=1S/C14H15N5O4S/c1-16-9-6-7-10(12(8-9)17-14(15)20)18-19-11-4-2-3-5-13(11)24(21,22)23/h2-8,16H,1H3,(H3,15,17,20)(H,21,22,23). The zero-order chi connectivity index (χ0) is 17.7. The molecular formula is C14H15N5O4S. The maximum atomic E-state index is 11.3. The third kappa shape index (κ3) is 4.27. The van der Waals surface area contributed by atoms with Crippen LogP contribution in [0.15, 0.2) is 57.6 Å². The van der Waals surface area contributed by atoms with Crippen LogP contribution in [0, 0.1) is 0 Å². The molecular weight excluding hydrogens is 334 g/mol. The van der Waals surface area contributed by atoms with Crippen molar-refractivity contribution in [3.05, 3.63) is 42.5 Å². The lowest BCUT2D eigenvalue weighted by atomic mass is 10.2. The number of azo groups is 1. The van der Waals surface area contributed by atoms with Crippen LogP contribution in [0.2, 0.25) is 0 Å². The summed E-state index contributed by atoms with van der Waals surface area (Å²) in [6, 6.07) is 9.66. The van der Waals surface area contributed by atoms with E-state index in [0.717, 1.165) is 0 Å². The van der Waals surface area contributed by atoms with Gasteiger partial charge in [0, 0.05) is 12.7 Å². The number of hydrogen-bond acceptors (Lipinski definition) is 6. The summed E-state index contributed by atoms with van der Waals surface area (Å²) in [7, 11) is -2.73. The van der Waals surface area contributed by atoms with Gasteiger partial charge in [-0.05, 0) is 30.3 Å². The number of nitrogens with two attached hydrogens (primary N) is 1. The van der Waals surface area contributed by atoms with Gasteiger partial charge in [-0.15, -0.1) is 10.2 Å². The normalized spacial score (nSPS) is 11.4. The van der Waals surface area contributed by atoms with E-state index >= 15 is 0 Å². The van der Waals surface area contributed by atoms with Crippen LogP contribution < -0.4 is 16.4 Å². The quantitative estimate of drug-likeness (QED) is 0.484. The van der Waals surface area contributed by atoms with Gasteiger partial charge in [-0.1, -0.05) is 12.1 Å². The van der Waals surface area contributed by atoms with E-state index in [9.17, 15) is 17.8 Å². The molecule has 0 heterocycles. The molecule has 5 N–H and O–H groups in total. The zero-order valence-electron chi connectivity index (χ0n) is 12.6. The highest BCUT2D eigenvalue weighted by molar-refractivity contribution is 7.86. The molecule has 2 aromatic carbocycles. The molecule has 0 aliphatic heterocycles. The van der Waals surface area contributed by atoms with Crippen molar-refractivity contribution in [1.82, 2.24) is 0 Å². The highest BCUT2D eigenvalue weighted by Crippen LogP contribution is 2.31. The smallest absolute Gasteiger partial charge is 0.316 e. The Balaban J connectivity index is 2.45. The molecule has 24 heavy (non-hydrogen) atoms. The Morgan fingerprint density at radius 2 is 1.79 bits per heavy atom. The number of rotatable bonds is 5. The van der Waals surface area contributed by atoms with E-state index in [0.29, 0.717) is 11.4 Å². The van der Waals surface area contributed by atoms with E-state index in [1.54, 1.807) is 31.3 Å². The number of benzene rings is 2. The van der Waals surface area contributed by atoms with Crippen LogP contribution in [0.25, 0.3) is 0 Å². The molecule has 0 aliphatic carbocycles. The van der Waals surface area contributed by atoms with E-state index in [-0.39, 0.29) is 16.3 Å². The number of nitrogens with zero attached hydrogens (tertiary/aromatic N) is 2. The summed E-state index contributed by atoms with van der Waals surface area (Å²) in [4.78, 5) is 10.7. The number of urea groups is 1. The van der Waals surface area contributed by atoms with Crippen molar-refractivity contribution < 1.29 is 17.8 Å². The molecule has 0 spiro atoms. The van der Waals surface area contributed by atoms with Gasteiger partial charge in [-0.3, -0.25) is 4.55 Å². The van der Waals surface area contributed by atoms with E-state index in [4.69, 9.17) is 5.73 Å². The Hall–Kier alpha value is -2.98. The average Bonchev–Trinajstić information content (AvgIpc) is 2.52. The molecule has 126 valence electrons. The fraction of sp³-hybridized carbons (Fsp3) is 0.0714. The number of amides is 2. The minimum atomic E-state index is -4.43. The van der Waals surface area contributed by atoms with Gasteiger partial charge in [-0.2, -0.15) is 8.42 Å². The molecule has 0 saturated carbocycles. The molecule has 0 aromatic heterocycles. The lowest BCUT2D eigenvalue weighted by Crippen LogP contribution is -2.19. The Labute approximate surface area is 138 Å². The van der Waals surface area contributed by atoms with E-state index in [2.05, 4.69) is 20.9 Å². The van der Waals surface area contributed by atoms with Gasteiger partial charge in [-0.25, -0.2) is 4.79 Å². The summed E-state index contributed by atoms with van der Waals surface area (Å²) < 4.78 is 31.9. The largest absolute Gasteiger partial charge is 0.388 e. The summed E-state index contributed by atoms with van der Waals surface area (Å²) in [6.07, 6.45) is 0. The third-order valence-corrected chi connectivity index (χ3v) is 3.85. The SMILES string of the molecule is CNc1ccc(N=Nc2ccccc2S(=O)(=O)O)c(NC(N)=O)c1. The maximum Gasteiger partial charge on any atom is 0.316 e. The Morgan fingerprint density at radius 1 is 1.12 bits per heavy atom. The minimum Gasteiger partial charge on any atom is -0.388 e. The topological polar surface area (TPSA) is 146 Å². The Kier molecular flexibility index (Phi) is 5.11. The number of nitrogens with one attached hydrogen (secondary N) is 2. The van der Waals surface area contributed by atoms with E-state index < -0.39 is 16.1 Å². The highest BCUT2D eigenvalue weighted by Gasteiger charge is 2.14. The van der Waals surface area contributed by atoms with E-state index in [1.165, 1.54) is 18.2 Å². The van der Waals surface area contributed by atoms with Crippen molar-refractivity contribution in [3.8, 4) is 0 Å². The van der Waals surface area contributed by atoms with Crippen molar-refractivity contribution in [2.75, 3.05) is 17.7 Å². The Bertz CT molecular complexity index is 896. The van der Waals surface area contributed by atoms with Crippen molar-refractivity contribution in [1.29, 1.82) is 0 Å². The molecule has 9 nitrogen and oxygen atoms in total. The third-order valence-electron chi connectivity index (χ3n) is 2.95. The number of anilines is 2. The maximum absolute atomic E-state index is 11.3. The summed E-state index contributed by atoms with van der Waals surface area (Å²) >= 11 is 0. The van der Waals surface area contributed by atoms with Gasteiger partial charge in [0.2, 0.25) is 0 Å². The predicted molar refractivity (Wildman–Crippen MR) is 89.6 cm³/mol. The molecule has 0 atom stereocenters. The fourth-order valence-corrected chi connectivity index (χ4v) is 2.50. The van der Waals surface area contributed by atoms with Gasteiger partial charge in [0.1, 0.15) is 16.3 Å². The molecule has 2 amide bonds. The second-order valence-electron chi connectivity index (χ2n) is 4.61. The molecule has 2 aromatic rings. The Morgan fingerprint density at radius 3 is 2.42 bits per heavy atom. The second-order valence-corrected chi connectivity index (χ2v) is 6.00. The first kappa shape index (κ1) is 17.4. The molecule has 0 aliphatic rings. The van der Waals surface area contributed by atoms with Gasteiger partial charge in [0.05, 0.1) is 5.69 Å². The minimum absolute atomic E-state index is 0.0391. The highest BCUT2D eigenvalue weighted by atomic mass is 32.2. The average molecular weight is 349 g/mol. The number of carbonyl (C=O) groups excluding carboxylic acids is 1. The zero-order valence-corrected chi connectivity index (χ0v) is 13.4. The summed E-state index contributed by atoms with van der Waals surface area (Å²) in [5.41, 5.74) is 6.34. The first-order chi connectivity index (χ1) is 11.3. The first-order valence-corrected chi connectivity index (χ1v) is 8.12. The summed E-state index contributed by atoms with van der Waals surface area (Å²) in [5.74, 6) is 0. The van der Waals surface area contributed by atoms with Crippen LogP contribution in [0.1, 0.15) is 0 Å². The molecule has 10 heteroatoms. The van der Waals surface area contributed by atoms with Gasteiger partial charge in [0.15, 0.2) is 0 Å². The first-order valence-electron chi connectivity index (χ1n) is 6.68. The molecule has 0 saturated heterocycles.